The van der Waals surface area contributed by atoms with Crippen molar-refractivity contribution < 1.29 is 9.21 Å². The molecule has 0 spiro atoms. The normalized spacial score (nSPS) is 14.3. The van der Waals surface area contributed by atoms with E-state index in [-0.39, 0.29) is 11.7 Å². The molecule has 1 aromatic heterocycles. The number of amides is 1. The van der Waals surface area contributed by atoms with Crippen LogP contribution in [0.1, 0.15) is 0 Å². The standard InChI is InChI=1S/C20H18Cl2N4O2S/c21-15-6-4-14(5-7-15)19-23-24-20(28-19)29-13-18(27)26-10-8-25(9-11-26)17-3-1-2-16(22)12-17/h1-7,12H,8-11,13H2. The molecule has 3 aromatic rings. The summed E-state index contributed by atoms with van der Waals surface area (Å²) in [6, 6.07) is 14.9. The van der Waals surface area contributed by atoms with E-state index in [4.69, 9.17) is 27.6 Å². The molecule has 0 atom stereocenters. The molecule has 2 aromatic carbocycles. The minimum atomic E-state index is 0.0620. The molecule has 0 saturated carbocycles. The van der Waals surface area contributed by atoms with E-state index < -0.39 is 0 Å². The van der Waals surface area contributed by atoms with Gasteiger partial charge in [0.25, 0.3) is 5.22 Å². The quantitative estimate of drug-likeness (QED) is 0.536. The van der Waals surface area contributed by atoms with E-state index in [0.717, 1.165) is 29.4 Å². The summed E-state index contributed by atoms with van der Waals surface area (Å²) in [6.07, 6.45) is 0. The Kier molecular flexibility index (Phi) is 6.28. The second-order valence-electron chi connectivity index (χ2n) is 6.52. The number of piperazine rings is 1. The second-order valence-corrected chi connectivity index (χ2v) is 8.32. The lowest BCUT2D eigenvalue weighted by Crippen LogP contribution is -2.49. The zero-order valence-electron chi connectivity index (χ0n) is 15.4. The average Bonchev–Trinajstić information content (AvgIpc) is 3.22. The van der Waals surface area contributed by atoms with E-state index in [1.807, 2.05) is 41.3 Å². The first kappa shape index (κ1) is 20.1. The summed E-state index contributed by atoms with van der Waals surface area (Å²) >= 11 is 13.2. The molecule has 1 saturated heterocycles. The van der Waals surface area contributed by atoms with Crippen LogP contribution in [0.15, 0.2) is 58.2 Å². The molecule has 9 heteroatoms. The fourth-order valence-electron chi connectivity index (χ4n) is 3.08. The highest BCUT2D eigenvalue weighted by Crippen LogP contribution is 2.25. The Morgan fingerprint density at radius 1 is 1.00 bits per heavy atom. The van der Waals surface area contributed by atoms with Crippen LogP contribution in [0.4, 0.5) is 5.69 Å². The Labute approximate surface area is 182 Å². The highest BCUT2D eigenvalue weighted by molar-refractivity contribution is 7.99. The van der Waals surface area contributed by atoms with Crippen LogP contribution in [0.2, 0.25) is 10.0 Å². The third kappa shape index (κ3) is 5.04. The lowest BCUT2D eigenvalue weighted by Gasteiger charge is -2.36. The minimum Gasteiger partial charge on any atom is -0.411 e. The number of anilines is 1. The van der Waals surface area contributed by atoms with Crippen molar-refractivity contribution in [1.82, 2.24) is 15.1 Å². The molecule has 0 N–H and O–H groups in total. The van der Waals surface area contributed by atoms with Crippen LogP contribution < -0.4 is 4.90 Å². The molecule has 0 bridgehead atoms. The lowest BCUT2D eigenvalue weighted by molar-refractivity contribution is -0.128. The van der Waals surface area contributed by atoms with E-state index in [9.17, 15) is 4.79 Å². The Balaban J connectivity index is 1.28. The number of carbonyl (C=O) groups excluding carboxylic acids is 1. The van der Waals surface area contributed by atoms with E-state index in [2.05, 4.69) is 15.1 Å². The van der Waals surface area contributed by atoms with Gasteiger partial charge in [0.15, 0.2) is 0 Å². The van der Waals surface area contributed by atoms with Crippen LogP contribution in [-0.2, 0) is 4.79 Å². The van der Waals surface area contributed by atoms with Crippen molar-refractivity contribution >= 4 is 46.6 Å². The number of aromatic nitrogens is 2. The number of carbonyl (C=O) groups is 1. The molecule has 0 unspecified atom stereocenters. The Bertz CT molecular complexity index is 988. The second kappa shape index (κ2) is 9.07. The summed E-state index contributed by atoms with van der Waals surface area (Å²) in [5, 5.41) is 9.78. The van der Waals surface area contributed by atoms with Gasteiger partial charge in [-0.3, -0.25) is 4.79 Å². The summed E-state index contributed by atoms with van der Waals surface area (Å²) in [5.74, 6) is 0.734. The predicted molar refractivity (Wildman–Crippen MR) is 116 cm³/mol. The van der Waals surface area contributed by atoms with E-state index in [1.54, 1.807) is 12.1 Å². The van der Waals surface area contributed by atoms with Gasteiger partial charge in [0.1, 0.15) is 0 Å². The van der Waals surface area contributed by atoms with Gasteiger partial charge in [-0.1, -0.05) is 41.0 Å². The molecular formula is C20H18Cl2N4O2S. The Hall–Kier alpha value is -2.22. The van der Waals surface area contributed by atoms with Crippen molar-refractivity contribution in [3.8, 4) is 11.5 Å². The summed E-state index contributed by atoms with van der Waals surface area (Å²) in [7, 11) is 0. The topological polar surface area (TPSA) is 62.5 Å². The minimum absolute atomic E-state index is 0.0620. The molecule has 2 heterocycles. The van der Waals surface area contributed by atoms with E-state index >= 15 is 0 Å². The van der Waals surface area contributed by atoms with Crippen LogP contribution in [0, 0.1) is 0 Å². The highest BCUT2D eigenvalue weighted by Gasteiger charge is 2.22. The third-order valence-electron chi connectivity index (χ3n) is 4.62. The number of hydrogen-bond acceptors (Lipinski definition) is 6. The monoisotopic (exact) mass is 448 g/mol. The lowest BCUT2D eigenvalue weighted by atomic mass is 10.2. The SMILES string of the molecule is O=C(CSc1nnc(-c2ccc(Cl)cc2)o1)N1CCN(c2cccc(Cl)c2)CC1. The first-order valence-electron chi connectivity index (χ1n) is 9.09. The van der Waals surface area contributed by atoms with Crippen molar-refractivity contribution in [2.75, 3.05) is 36.8 Å². The van der Waals surface area contributed by atoms with Gasteiger partial charge in [-0.2, -0.15) is 0 Å². The van der Waals surface area contributed by atoms with Crippen LogP contribution >= 0.6 is 35.0 Å². The predicted octanol–water partition coefficient (Wildman–Crippen LogP) is 4.48. The zero-order valence-corrected chi connectivity index (χ0v) is 17.8. The molecule has 1 fully saturated rings. The number of thioether (sulfide) groups is 1. The number of benzene rings is 2. The first-order valence-corrected chi connectivity index (χ1v) is 10.8. The molecule has 1 amide bonds. The number of hydrogen-bond donors (Lipinski definition) is 0. The van der Waals surface area contributed by atoms with Crippen molar-refractivity contribution in [3.63, 3.8) is 0 Å². The number of rotatable bonds is 5. The van der Waals surface area contributed by atoms with Crippen LogP contribution in [0.5, 0.6) is 0 Å². The van der Waals surface area contributed by atoms with Crippen LogP contribution in [0.25, 0.3) is 11.5 Å². The average molecular weight is 449 g/mol. The summed E-state index contributed by atoms with van der Waals surface area (Å²) in [5.41, 5.74) is 1.87. The van der Waals surface area contributed by atoms with Gasteiger partial charge in [0.05, 0.1) is 5.75 Å². The maximum Gasteiger partial charge on any atom is 0.277 e. The maximum absolute atomic E-state index is 12.5. The van der Waals surface area contributed by atoms with Crippen molar-refractivity contribution in [3.05, 3.63) is 58.6 Å². The van der Waals surface area contributed by atoms with Gasteiger partial charge in [-0.15, -0.1) is 10.2 Å². The van der Waals surface area contributed by atoms with E-state index in [1.165, 1.54) is 11.8 Å². The smallest absolute Gasteiger partial charge is 0.277 e. The molecule has 4 rings (SSSR count). The Morgan fingerprint density at radius 2 is 1.76 bits per heavy atom. The zero-order chi connectivity index (χ0) is 20.2. The van der Waals surface area contributed by atoms with Gasteiger partial charge in [0, 0.05) is 47.5 Å². The highest BCUT2D eigenvalue weighted by atomic mass is 35.5. The van der Waals surface area contributed by atoms with Crippen LogP contribution in [0.3, 0.4) is 0 Å². The Morgan fingerprint density at radius 3 is 2.48 bits per heavy atom. The largest absolute Gasteiger partial charge is 0.411 e. The summed E-state index contributed by atoms with van der Waals surface area (Å²) in [6.45, 7) is 2.90. The maximum atomic E-state index is 12.5. The van der Waals surface area contributed by atoms with Gasteiger partial charge in [-0.05, 0) is 42.5 Å². The van der Waals surface area contributed by atoms with Gasteiger partial charge in [0.2, 0.25) is 11.8 Å². The molecule has 0 radical (unpaired) electrons. The van der Waals surface area contributed by atoms with Gasteiger partial charge in [-0.25, -0.2) is 0 Å². The molecule has 0 aliphatic carbocycles. The van der Waals surface area contributed by atoms with Gasteiger partial charge < -0.3 is 14.2 Å². The molecule has 1 aliphatic heterocycles. The summed E-state index contributed by atoms with van der Waals surface area (Å²) in [4.78, 5) is 16.6. The van der Waals surface area contributed by atoms with Crippen molar-refractivity contribution in [2.24, 2.45) is 0 Å². The summed E-state index contributed by atoms with van der Waals surface area (Å²) < 4.78 is 5.64. The fourth-order valence-corrected chi connectivity index (χ4v) is 4.06. The molecule has 150 valence electrons. The fraction of sp³-hybridized carbons (Fsp3) is 0.250. The molecule has 6 nitrogen and oxygen atoms in total. The third-order valence-corrected chi connectivity index (χ3v) is 5.91. The molecule has 29 heavy (non-hydrogen) atoms. The van der Waals surface area contributed by atoms with Crippen molar-refractivity contribution in [1.29, 1.82) is 0 Å². The first-order chi connectivity index (χ1) is 14.1. The van der Waals surface area contributed by atoms with Crippen molar-refractivity contribution in [2.45, 2.75) is 5.22 Å². The van der Waals surface area contributed by atoms with E-state index in [0.29, 0.717) is 29.2 Å². The molecular weight excluding hydrogens is 431 g/mol. The van der Waals surface area contributed by atoms with Crippen LogP contribution in [-0.4, -0.2) is 52.9 Å². The van der Waals surface area contributed by atoms with Gasteiger partial charge >= 0.3 is 0 Å². The number of halogens is 2. The number of nitrogens with zero attached hydrogens (tertiary/aromatic N) is 4. The molecule has 1 aliphatic rings.